The van der Waals surface area contributed by atoms with Crippen LogP contribution in [-0.2, 0) is 0 Å². The van der Waals surface area contributed by atoms with Crippen LogP contribution in [0.5, 0.6) is 0 Å². The van der Waals surface area contributed by atoms with Crippen LogP contribution in [-0.4, -0.2) is 21.9 Å². The highest BCUT2D eigenvalue weighted by Gasteiger charge is 2.18. The molecule has 84 valence electrons. The standard InChI is InChI=1S/C12H15N3O/c1-9-3-2-4-10(7-9)15-12(16)11-8-13-5-6-14-11/h5-6,8,10H,1-4,7H2,(H,15,16). The fourth-order valence-corrected chi connectivity index (χ4v) is 1.95. The Labute approximate surface area is 94.8 Å². The zero-order valence-electron chi connectivity index (χ0n) is 9.15. The van der Waals surface area contributed by atoms with Crippen LogP contribution in [0.4, 0.5) is 0 Å². The molecule has 1 aliphatic rings. The molecule has 1 aliphatic carbocycles. The van der Waals surface area contributed by atoms with Crippen molar-refractivity contribution in [1.29, 1.82) is 0 Å². The summed E-state index contributed by atoms with van der Waals surface area (Å²) >= 11 is 0. The molecular weight excluding hydrogens is 202 g/mol. The van der Waals surface area contributed by atoms with E-state index in [2.05, 4.69) is 21.9 Å². The van der Waals surface area contributed by atoms with E-state index in [-0.39, 0.29) is 11.9 Å². The molecule has 16 heavy (non-hydrogen) atoms. The normalized spacial score (nSPS) is 20.5. The van der Waals surface area contributed by atoms with E-state index in [4.69, 9.17) is 0 Å². The SMILES string of the molecule is C=C1CCCC(NC(=O)c2cnccn2)C1. The van der Waals surface area contributed by atoms with Crippen LogP contribution >= 0.6 is 0 Å². The van der Waals surface area contributed by atoms with Crippen molar-refractivity contribution in [3.05, 3.63) is 36.4 Å². The molecule has 0 aliphatic heterocycles. The van der Waals surface area contributed by atoms with Gasteiger partial charge in [0.15, 0.2) is 0 Å². The Kier molecular flexibility index (Phi) is 3.29. The first-order valence-electron chi connectivity index (χ1n) is 5.49. The van der Waals surface area contributed by atoms with Gasteiger partial charge in [0.2, 0.25) is 0 Å². The Morgan fingerprint density at radius 3 is 3.06 bits per heavy atom. The van der Waals surface area contributed by atoms with Gasteiger partial charge in [0.05, 0.1) is 6.20 Å². The molecule has 1 amide bonds. The lowest BCUT2D eigenvalue weighted by atomic mass is 9.92. The second-order valence-electron chi connectivity index (χ2n) is 4.11. The van der Waals surface area contributed by atoms with Gasteiger partial charge in [0.25, 0.3) is 5.91 Å². The minimum absolute atomic E-state index is 0.146. The van der Waals surface area contributed by atoms with Crippen LogP contribution in [0.2, 0.25) is 0 Å². The second-order valence-corrected chi connectivity index (χ2v) is 4.11. The summed E-state index contributed by atoms with van der Waals surface area (Å²) in [6, 6.07) is 0.204. The summed E-state index contributed by atoms with van der Waals surface area (Å²) in [7, 11) is 0. The van der Waals surface area contributed by atoms with Gasteiger partial charge in [-0.05, 0) is 25.7 Å². The molecule has 1 saturated carbocycles. The van der Waals surface area contributed by atoms with Gasteiger partial charge in [-0.15, -0.1) is 0 Å². The highest BCUT2D eigenvalue weighted by Crippen LogP contribution is 2.21. The van der Waals surface area contributed by atoms with E-state index < -0.39 is 0 Å². The smallest absolute Gasteiger partial charge is 0.271 e. The zero-order valence-corrected chi connectivity index (χ0v) is 9.15. The first kappa shape index (κ1) is 10.8. The highest BCUT2D eigenvalue weighted by molar-refractivity contribution is 5.92. The summed E-state index contributed by atoms with van der Waals surface area (Å²) < 4.78 is 0. The number of amides is 1. The Morgan fingerprint density at radius 2 is 2.38 bits per heavy atom. The van der Waals surface area contributed by atoms with Crippen LogP contribution in [0.3, 0.4) is 0 Å². The summed E-state index contributed by atoms with van der Waals surface area (Å²) in [4.78, 5) is 19.6. The van der Waals surface area contributed by atoms with E-state index in [9.17, 15) is 4.79 Å². The number of rotatable bonds is 2. The molecule has 4 heteroatoms. The van der Waals surface area contributed by atoms with Crippen LogP contribution in [0.1, 0.15) is 36.2 Å². The first-order chi connectivity index (χ1) is 7.75. The molecule has 1 N–H and O–H groups in total. The maximum absolute atomic E-state index is 11.8. The Morgan fingerprint density at radius 1 is 1.50 bits per heavy atom. The lowest BCUT2D eigenvalue weighted by molar-refractivity contribution is 0.0926. The number of carbonyl (C=O) groups is 1. The van der Waals surface area contributed by atoms with Crippen molar-refractivity contribution < 1.29 is 4.79 Å². The van der Waals surface area contributed by atoms with Crippen molar-refractivity contribution in [3.8, 4) is 0 Å². The van der Waals surface area contributed by atoms with Crippen LogP contribution in [0, 0.1) is 0 Å². The van der Waals surface area contributed by atoms with Gasteiger partial charge < -0.3 is 5.32 Å². The average molecular weight is 217 g/mol. The van der Waals surface area contributed by atoms with Gasteiger partial charge in [-0.3, -0.25) is 9.78 Å². The summed E-state index contributed by atoms with van der Waals surface area (Å²) in [5, 5.41) is 2.96. The molecular formula is C12H15N3O. The lowest BCUT2D eigenvalue weighted by Crippen LogP contribution is -2.37. The molecule has 0 radical (unpaired) electrons. The average Bonchev–Trinajstić information content (AvgIpc) is 2.30. The van der Waals surface area contributed by atoms with Crippen molar-refractivity contribution in [1.82, 2.24) is 15.3 Å². The number of nitrogens with zero attached hydrogens (tertiary/aromatic N) is 2. The molecule has 0 bridgehead atoms. The molecule has 1 heterocycles. The molecule has 1 atom stereocenters. The third-order valence-corrected chi connectivity index (χ3v) is 2.75. The molecule has 1 unspecified atom stereocenters. The number of hydrogen-bond donors (Lipinski definition) is 1. The molecule has 0 aromatic carbocycles. The molecule has 1 aromatic rings. The van der Waals surface area contributed by atoms with Gasteiger partial charge in [0.1, 0.15) is 5.69 Å². The van der Waals surface area contributed by atoms with Crippen LogP contribution in [0.25, 0.3) is 0 Å². The number of hydrogen-bond acceptors (Lipinski definition) is 3. The molecule has 2 rings (SSSR count). The predicted octanol–water partition coefficient (Wildman–Crippen LogP) is 1.71. The zero-order chi connectivity index (χ0) is 11.4. The van der Waals surface area contributed by atoms with Crippen LogP contribution < -0.4 is 5.32 Å². The molecule has 0 saturated heterocycles. The Bertz CT molecular complexity index is 389. The van der Waals surface area contributed by atoms with E-state index in [1.54, 1.807) is 6.20 Å². The fourth-order valence-electron chi connectivity index (χ4n) is 1.95. The quantitative estimate of drug-likeness (QED) is 0.767. The molecule has 0 spiro atoms. The maximum Gasteiger partial charge on any atom is 0.271 e. The van der Waals surface area contributed by atoms with Gasteiger partial charge in [-0.2, -0.15) is 0 Å². The van der Waals surface area contributed by atoms with Crippen molar-refractivity contribution in [2.24, 2.45) is 0 Å². The van der Waals surface area contributed by atoms with Gasteiger partial charge >= 0.3 is 0 Å². The highest BCUT2D eigenvalue weighted by atomic mass is 16.1. The maximum atomic E-state index is 11.8. The van der Waals surface area contributed by atoms with E-state index in [1.807, 2.05) is 0 Å². The summed E-state index contributed by atoms with van der Waals surface area (Å²) in [5.74, 6) is -0.146. The molecule has 4 nitrogen and oxygen atoms in total. The Hall–Kier alpha value is -1.71. The van der Waals surface area contributed by atoms with Gasteiger partial charge in [-0.25, -0.2) is 4.98 Å². The topological polar surface area (TPSA) is 54.9 Å². The van der Waals surface area contributed by atoms with E-state index >= 15 is 0 Å². The van der Waals surface area contributed by atoms with E-state index in [1.165, 1.54) is 18.0 Å². The lowest BCUT2D eigenvalue weighted by Gasteiger charge is -2.24. The van der Waals surface area contributed by atoms with Crippen molar-refractivity contribution >= 4 is 5.91 Å². The number of aromatic nitrogens is 2. The summed E-state index contributed by atoms with van der Waals surface area (Å²) in [6.45, 7) is 3.97. The number of nitrogens with one attached hydrogen (secondary N) is 1. The molecule has 1 fully saturated rings. The van der Waals surface area contributed by atoms with Crippen molar-refractivity contribution in [3.63, 3.8) is 0 Å². The monoisotopic (exact) mass is 217 g/mol. The summed E-state index contributed by atoms with van der Waals surface area (Å²) in [6.07, 6.45) is 8.64. The van der Waals surface area contributed by atoms with Crippen molar-refractivity contribution in [2.45, 2.75) is 31.7 Å². The predicted molar refractivity (Wildman–Crippen MR) is 60.9 cm³/mol. The Balaban J connectivity index is 1.95. The van der Waals surface area contributed by atoms with Crippen LogP contribution in [0.15, 0.2) is 30.7 Å². The van der Waals surface area contributed by atoms with E-state index in [0.29, 0.717) is 5.69 Å². The third kappa shape index (κ3) is 2.66. The largest absolute Gasteiger partial charge is 0.348 e. The second kappa shape index (κ2) is 4.88. The third-order valence-electron chi connectivity index (χ3n) is 2.75. The minimum Gasteiger partial charge on any atom is -0.348 e. The first-order valence-corrected chi connectivity index (χ1v) is 5.49. The summed E-state index contributed by atoms with van der Waals surface area (Å²) in [5.41, 5.74) is 1.59. The van der Waals surface area contributed by atoms with E-state index in [0.717, 1.165) is 25.7 Å². The van der Waals surface area contributed by atoms with Gasteiger partial charge in [-0.1, -0.05) is 12.2 Å². The minimum atomic E-state index is -0.146. The fraction of sp³-hybridized carbons (Fsp3) is 0.417. The molecule has 1 aromatic heterocycles. The number of carbonyl (C=O) groups excluding carboxylic acids is 1. The van der Waals surface area contributed by atoms with Gasteiger partial charge in [0, 0.05) is 18.4 Å². The van der Waals surface area contributed by atoms with Crippen molar-refractivity contribution in [2.75, 3.05) is 0 Å².